The third-order valence-corrected chi connectivity index (χ3v) is 5.89. The van der Waals surface area contributed by atoms with Gasteiger partial charge in [-0.3, -0.25) is 25.3 Å². The number of ether oxygens (including phenoxy) is 1. The van der Waals surface area contributed by atoms with Crippen LogP contribution in [0.15, 0.2) is 103 Å². The number of pyridine rings is 1. The molecule has 4 rings (SSSR count). The summed E-state index contributed by atoms with van der Waals surface area (Å²) in [5, 5.41) is 16.4. The average Bonchev–Trinajstić information content (AvgIpc) is 2.97. The second-order valence-electron chi connectivity index (χ2n) is 8.76. The Morgan fingerprint density at radius 1 is 0.795 bits per heavy atom. The van der Waals surface area contributed by atoms with Gasteiger partial charge in [0.15, 0.2) is 0 Å². The van der Waals surface area contributed by atoms with Gasteiger partial charge in [0.25, 0.3) is 0 Å². The molecule has 6 N–H and O–H groups in total. The van der Waals surface area contributed by atoms with Crippen molar-refractivity contribution in [2.24, 2.45) is 5.73 Å². The first-order valence-corrected chi connectivity index (χ1v) is 12.4. The quantitative estimate of drug-likeness (QED) is 0.143. The lowest BCUT2D eigenvalue weighted by molar-refractivity contribution is -0.127. The molecule has 0 saturated heterocycles. The zero-order valence-electron chi connectivity index (χ0n) is 21.3. The number of rotatable bonds is 12. The summed E-state index contributed by atoms with van der Waals surface area (Å²) in [5.74, 6) is 0.701. The minimum Gasteiger partial charge on any atom is -0.457 e. The van der Waals surface area contributed by atoms with E-state index in [1.165, 1.54) is 0 Å². The lowest BCUT2D eigenvalue weighted by Crippen LogP contribution is -2.42. The van der Waals surface area contributed by atoms with Crippen LogP contribution >= 0.6 is 0 Å². The van der Waals surface area contributed by atoms with Gasteiger partial charge in [0, 0.05) is 31.0 Å². The van der Waals surface area contributed by atoms with Crippen molar-refractivity contribution in [1.82, 2.24) is 20.9 Å². The van der Waals surface area contributed by atoms with E-state index in [4.69, 9.17) is 15.9 Å². The predicted molar refractivity (Wildman–Crippen MR) is 149 cm³/mol. The summed E-state index contributed by atoms with van der Waals surface area (Å²) < 4.78 is 5.87. The highest BCUT2D eigenvalue weighted by molar-refractivity contribution is 5.94. The first-order valence-electron chi connectivity index (χ1n) is 12.4. The van der Waals surface area contributed by atoms with Gasteiger partial charge < -0.3 is 21.1 Å². The van der Waals surface area contributed by atoms with Gasteiger partial charge in [0.2, 0.25) is 11.8 Å². The third kappa shape index (κ3) is 8.24. The molecule has 9 heteroatoms. The summed E-state index contributed by atoms with van der Waals surface area (Å²) in [5.41, 5.74) is 8.71. The van der Waals surface area contributed by atoms with Gasteiger partial charge >= 0.3 is 0 Å². The second kappa shape index (κ2) is 13.5. The van der Waals surface area contributed by atoms with Crippen LogP contribution in [-0.4, -0.2) is 29.2 Å². The fraction of sp³-hybridized carbons (Fsp3) is 0.133. The molecule has 9 nitrogen and oxygen atoms in total. The van der Waals surface area contributed by atoms with E-state index >= 15 is 0 Å². The first-order chi connectivity index (χ1) is 19.0. The van der Waals surface area contributed by atoms with E-state index in [2.05, 4.69) is 20.9 Å². The van der Waals surface area contributed by atoms with Crippen molar-refractivity contribution in [2.75, 3.05) is 6.54 Å². The van der Waals surface area contributed by atoms with Crippen LogP contribution in [0, 0.1) is 5.41 Å². The molecule has 0 radical (unpaired) electrons. The number of benzene rings is 3. The van der Waals surface area contributed by atoms with Gasteiger partial charge in [0.05, 0.1) is 6.54 Å². The number of hydrogen-bond donors (Lipinski definition) is 5. The molecular weight excluding hydrogens is 492 g/mol. The number of nitrogens with zero attached hydrogens (tertiary/aromatic N) is 1. The number of amidine groups is 1. The molecule has 0 bridgehead atoms. The molecule has 198 valence electrons. The van der Waals surface area contributed by atoms with Crippen LogP contribution in [0.25, 0.3) is 0 Å². The molecule has 1 aromatic heterocycles. The summed E-state index contributed by atoms with van der Waals surface area (Å²) in [4.78, 5) is 29.5. The Kier molecular flexibility index (Phi) is 9.36. The normalized spacial score (nSPS) is 11.3. The van der Waals surface area contributed by atoms with E-state index in [-0.39, 0.29) is 24.2 Å². The Morgan fingerprint density at radius 3 is 2.10 bits per heavy atom. The maximum Gasteiger partial charge on any atom is 0.242 e. The van der Waals surface area contributed by atoms with Crippen molar-refractivity contribution >= 4 is 17.6 Å². The zero-order valence-corrected chi connectivity index (χ0v) is 21.3. The molecule has 0 saturated carbocycles. The predicted octanol–water partition coefficient (Wildman–Crippen LogP) is 3.42. The highest BCUT2D eigenvalue weighted by Crippen LogP contribution is 2.24. The van der Waals surface area contributed by atoms with Gasteiger partial charge in [-0.2, -0.15) is 0 Å². The summed E-state index contributed by atoms with van der Waals surface area (Å²) >= 11 is 0. The summed E-state index contributed by atoms with van der Waals surface area (Å²) in [7, 11) is 0. The van der Waals surface area contributed by atoms with Crippen LogP contribution in [0.3, 0.4) is 0 Å². The molecule has 39 heavy (non-hydrogen) atoms. The van der Waals surface area contributed by atoms with E-state index in [9.17, 15) is 9.59 Å². The van der Waals surface area contributed by atoms with Crippen LogP contribution < -0.4 is 26.4 Å². The maximum absolute atomic E-state index is 13.2. The van der Waals surface area contributed by atoms with Crippen LogP contribution in [0.4, 0.5) is 0 Å². The molecule has 1 atom stereocenters. The van der Waals surface area contributed by atoms with Gasteiger partial charge in [-0.05, 0) is 53.1 Å². The second-order valence-corrected chi connectivity index (χ2v) is 8.76. The van der Waals surface area contributed by atoms with Crippen LogP contribution in [0.1, 0.15) is 28.3 Å². The molecule has 1 heterocycles. The van der Waals surface area contributed by atoms with E-state index in [0.29, 0.717) is 35.7 Å². The van der Waals surface area contributed by atoms with Gasteiger partial charge in [0.1, 0.15) is 23.4 Å². The highest BCUT2D eigenvalue weighted by Gasteiger charge is 2.21. The monoisotopic (exact) mass is 522 g/mol. The van der Waals surface area contributed by atoms with Crippen molar-refractivity contribution in [1.29, 1.82) is 5.41 Å². The molecule has 2 amide bonds. The number of hydrogen-bond acceptors (Lipinski definition) is 6. The number of aromatic nitrogens is 1. The molecular formula is C30H30N6O3. The maximum atomic E-state index is 13.2. The number of para-hydroxylation sites is 1. The minimum absolute atomic E-state index is 0.00761. The zero-order chi connectivity index (χ0) is 27.5. The fourth-order valence-electron chi connectivity index (χ4n) is 3.77. The largest absolute Gasteiger partial charge is 0.457 e. The SMILES string of the molecule is N=C(N)c1ccc(CNC(C(=O)NCC(=O)NCc2ccncc2)c2ccc(Oc3ccccc3)cc2)cc1. The number of carbonyl (C=O) groups is 2. The summed E-state index contributed by atoms with van der Waals surface area (Å²) in [6, 6.07) is 26.8. The van der Waals surface area contributed by atoms with E-state index in [0.717, 1.165) is 11.1 Å². The standard InChI is InChI=1S/C30H30N6O3/c31-29(32)24-8-6-21(7-9-24)19-35-28(23-10-12-26(13-11-23)39-25-4-2-1-3-5-25)30(38)36-20-27(37)34-18-22-14-16-33-17-15-22/h1-17,28,35H,18-20H2,(H3,31,32)(H,34,37)(H,36,38). The molecule has 3 aromatic carbocycles. The van der Waals surface area contributed by atoms with Gasteiger partial charge in [-0.25, -0.2) is 0 Å². The third-order valence-electron chi connectivity index (χ3n) is 5.89. The van der Waals surface area contributed by atoms with E-state index in [1.807, 2.05) is 66.7 Å². The highest BCUT2D eigenvalue weighted by atomic mass is 16.5. The molecule has 0 fully saturated rings. The van der Waals surface area contributed by atoms with Crippen LogP contribution in [0.2, 0.25) is 0 Å². The lowest BCUT2D eigenvalue weighted by atomic mass is 10.0. The van der Waals surface area contributed by atoms with Gasteiger partial charge in [-0.1, -0.05) is 54.6 Å². The number of carbonyl (C=O) groups excluding carboxylic acids is 2. The van der Waals surface area contributed by atoms with Crippen molar-refractivity contribution < 1.29 is 14.3 Å². The Labute approximate surface area is 226 Å². The Balaban J connectivity index is 1.41. The number of nitrogens with two attached hydrogens (primary N) is 1. The number of amides is 2. The number of nitrogens with one attached hydrogen (secondary N) is 4. The Hall–Kier alpha value is -5.02. The molecule has 0 aliphatic rings. The van der Waals surface area contributed by atoms with E-state index < -0.39 is 6.04 Å². The van der Waals surface area contributed by atoms with Crippen molar-refractivity contribution in [3.63, 3.8) is 0 Å². The average molecular weight is 523 g/mol. The molecule has 1 unspecified atom stereocenters. The van der Waals surface area contributed by atoms with Crippen molar-refractivity contribution in [3.8, 4) is 11.5 Å². The first kappa shape index (κ1) is 27.0. The lowest BCUT2D eigenvalue weighted by Gasteiger charge is -2.19. The van der Waals surface area contributed by atoms with Gasteiger partial charge in [-0.15, -0.1) is 0 Å². The van der Waals surface area contributed by atoms with Crippen LogP contribution in [-0.2, 0) is 22.7 Å². The molecule has 0 aliphatic carbocycles. The summed E-state index contributed by atoms with van der Waals surface area (Å²) in [6.45, 7) is 0.565. The smallest absolute Gasteiger partial charge is 0.242 e. The topological polar surface area (TPSA) is 142 Å². The Bertz CT molecular complexity index is 1380. The molecule has 0 spiro atoms. The van der Waals surface area contributed by atoms with Crippen molar-refractivity contribution in [3.05, 3.63) is 126 Å². The minimum atomic E-state index is -0.726. The summed E-state index contributed by atoms with van der Waals surface area (Å²) in [6.07, 6.45) is 3.31. The molecule has 0 aliphatic heterocycles. The van der Waals surface area contributed by atoms with Crippen LogP contribution in [0.5, 0.6) is 11.5 Å². The molecule has 4 aromatic rings. The Morgan fingerprint density at radius 2 is 1.44 bits per heavy atom. The number of nitrogen functional groups attached to an aromatic ring is 1. The fourth-order valence-corrected chi connectivity index (χ4v) is 3.77. The van der Waals surface area contributed by atoms with E-state index in [1.54, 1.807) is 36.7 Å². The van der Waals surface area contributed by atoms with Crippen molar-refractivity contribution in [2.45, 2.75) is 19.1 Å².